The number of benzene rings is 1. The fraction of sp³-hybridized carbons (Fsp3) is 0.571. The van der Waals surface area contributed by atoms with Gasteiger partial charge in [-0.15, -0.1) is 0 Å². The lowest BCUT2D eigenvalue weighted by molar-refractivity contribution is -0.136. The first-order chi connectivity index (χ1) is 14.6. The van der Waals surface area contributed by atoms with E-state index in [0.717, 1.165) is 12.5 Å². The summed E-state index contributed by atoms with van der Waals surface area (Å²) in [6.07, 6.45) is -1.03. The number of rotatable bonds is 4. The van der Waals surface area contributed by atoms with Crippen molar-refractivity contribution in [3.05, 3.63) is 30.1 Å². The van der Waals surface area contributed by atoms with E-state index in [1.165, 1.54) is 18.5 Å². The van der Waals surface area contributed by atoms with E-state index in [1.54, 1.807) is 0 Å². The van der Waals surface area contributed by atoms with E-state index < -0.39 is 11.7 Å². The molecule has 1 aromatic heterocycles. The quantitative estimate of drug-likeness (QED) is 0.763. The molecule has 3 atom stereocenters. The lowest BCUT2D eigenvalue weighted by Gasteiger charge is -2.42. The lowest BCUT2D eigenvalue weighted by atomic mass is 9.94. The second kappa shape index (κ2) is 8.23. The molecule has 0 saturated carbocycles. The Morgan fingerprint density at radius 3 is 2.48 bits per heavy atom. The Balaban J connectivity index is 1.55. The first kappa shape index (κ1) is 21.8. The molecule has 168 valence electrons. The number of hydrogen-bond donors (Lipinski definition) is 2. The first-order valence-corrected chi connectivity index (χ1v) is 10.5. The third kappa shape index (κ3) is 4.45. The van der Waals surface area contributed by atoms with Crippen molar-refractivity contribution < 1.29 is 18.0 Å². The Kier molecular flexibility index (Phi) is 5.78. The number of amides is 1. The number of nitrogens with zero attached hydrogens (tertiary/aromatic N) is 4. The zero-order chi connectivity index (χ0) is 22.3. The third-order valence-electron chi connectivity index (χ3n) is 6.12. The highest BCUT2D eigenvalue weighted by Gasteiger charge is 2.36. The lowest BCUT2D eigenvalue weighted by Crippen LogP contribution is -2.63. The van der Waals surface area contributed by atoms with Crippen LogP contribution >= 0.6 is 0 Å². The molecule has 1 aromatic carbocycles. The van der Waals surface area contributed by atoms with Crippen LogP contribution in [0.1, 0.15) is 25.8 Å². The van der Waals surface area contributed by atoms with Crippen LogP contribution in [0.3, 0.4) is 0 Å². The standard InChI is InChI=1S/C21H27F3N6O/c1-12-7-15(28-20(31)13(2)29-9-14(25)10-29)11-30(8-12)17-4-3-16(21(22,23)24)18-19(17)27-6-5-26-18/h3-6,12-15H,7-11,25H2,1-2H3,(H,28,31). The molecular weight excluding hydrogens is 409 g/mol. The van der Waals surface area contributed by atoms with Gasteiger partial charge < -0.3 is 16.0 Å². The van der Waals surface area contributed by atoms with Gasteiger partial charge >= 0.3 is 6.18 Å². The molecule has 2 aromatic rings. The molecule has 3 heterocycles. The number of aromatic nitrogens is 2. The van der Waals surface area contributed by atoms with E-state index in [4.69, 9.17) is 5.73 Å². The Morgan fingerprint density at radius 2 is 1.84 bits per heavy atom. The molecule has 2 aliphatic rings. The Bertz CT molecular complexity index is 962. The molecule has 10 heteroatoms. The van der Waals surface area contributed by atoms with Crippen LogP contribution in [0.4, 0.5) is 18.9 Å². The van der Waals surface area contributed by atoms with Crippen molar-refractivity contribution in [3.63, 3.8) is 0 Å². The van der Waals surface area contributed by atoms with E-state index >= 15 is 0 Å². The molecule has 2 aliphatic heterocycles. The number of nitrogens with two attached hydrogens (primary N) is 1. The Hall–Kier alpha value is -2.46. The van der Waals surface area contributed by atoms with Crippen molar-refractivity contribution >= 4 is 22.6 Å². The highest BCUT2D eigenvalue weighted by molar-refractivity contribution is 5.91. The van der Waals surface area contributed by atoms with Crippen LogP contribution in [0, 0.1) is 5.92 Å². The number of piperidine rings is 1. The summed E-state index contributed by atoms with van der Waals surface area (Å²) in [6.45, 7) is 6.51. The third-order valence-corrected chi connectivity index (χ3v) is 6.12. The second-order valence-corrected chi connectivity index (χ2v) is 8.72. The number of carbonyl (C=O) groups excluding carboxylic acids is 1. The molecule has 2 saturated heterocycles. The number of nitrogens with one attached hydrogen (secondary N) is 1. The normalized spacial score (nSPS) is 24.1. The molecule has 3 N–H and O–H groups in total. The second-order valence-electron chi connectivity index (χ2n) is 8.72. The summed E-state index contributed by atoms with van der Waals surface area (Å²) in [5.41, 5.74) is 5.68. The van der Waals surface area contributed by atoms with Gasteiger partial charge in [0.05, 0.1) is 17.3 Å². The summed E-state index contributed by atoms with van der Waals surface area (Å²) in [4.78, 5) is 24.9. The minimum absolute atomic E-state index is 0.0528. The number of carbonyl (C=O) groups is 1. The SMILES string of the molecule is CC1CC(NC(=O)C(C)N2CC(N)C2)CN(c2ccc(C(F)(F)F)c3nccnc23)C1. The minimum atomic E-state index is -4.51. The predicted octanol–water partition coefficient (Wildman–Crippen LogP) is 2.01. The Labute approximate surface area is 178 Å². The van der Waals surface area contributed by atoms with Crippen LogP contribution in [-0.2, 0) is 11.0 Å². The van der Waals surface area contributed by atoms with Gasteiger partial charge in [-0.3, -0.25) is 19.7 Å². The van der Waals surface area contributed by atoms with Crippen LogP contribution in [0.2, 0.25) is 0 Å². The molecule has 1 amide bonds. The van der Waals surface area contributed by atoms with Crippen molar-refractivity contribution in [2.45, 2.75) is 44.6 Å². The number of hydrogen-bond acceptors (Lipinski definition) is 6. The molecule has 0 spiro atoms. The van der Waals surface area contributed by atoms with Gasteiger partial charge in [0.2, 0.25) is 5.91 Å². The average Bonchev–Trinajstić information content (AvgIpc) is 2.68. The van der Waals surface area contributed by atoms with E-state index in [1.807, 2.05) is 16.7 Å². The molecule has 0 bridgehead atoms. The van der Waals surface area contributed by atoms with Gasteiger partial charge in [-0.05, 0) is 31.4 Å². The van der Waals surface area contributed by atoms with E-state index in [9.17, 15) is 18.0 Å². The van der Waals surface area contributed by atoms with E-state index in [0.29, 0.717) is 31.9 Å². The smallest absolute Gasteiger partial charge is 0.367 e. The number of halogens is 3. The summed E-state index contributed by atoms with van der Waals surface area (Å²) >= 11 is 0. The molecule has 7 nitrogen and oxygen atoms in total. The van der Waals surface area contributed by atoms with Crippen LogP contribution in [0.25, 0.3) is 11.0 Å². The summed E-state index contributed by atoms with van der Waals surface area (Å²) in [5, 5.41) is 3.12. The summed E-state index contributed by atoms with van der Waals surface area (Å²) < 4.78 is 40.3. The predicted molar refractivity (Wildman–Crippen MR) is 111 cm³/mol. The van der Waals surface area contributed by atoms with Crippen molar-refractivity contribution in [2.75, 3.05) is 31.1 Å². The number of fused-ring (bicyclic) bond motifs is 1. The maximum Gasteiger partial charge on any atom is 0.418 e. The molecule has 3 unspecified atom stereocenters. The fourth-order valence-corrected chi connectivity index (χ4v) is 4.53. The van der Waals surface area contributed by atoms with Gasteiger partial charge in [-0.2, -0.15) is 13.2 Å². The molecule has 0 aliphatic carbocycles. The summed E-state index contributed by atoms with van der Waals surface area (Å²) in [6, 6.07) is 2.27. The molecular formula is C21H27F3N6O. The highest BCUT2D eigenvalue weighted by atomic mass is 19.4. The summed E-state index contributed by atoms with van der Waals surface area (Å²) in [7, 11) is 0. The van der Waals surface area contributed by atoms with Crippen molar-refractivity contribution in [1.29, 1.82) is 0 Å². The molecule has 0 radical (unpaired) electrons. The zero-order valence-corrected chi connectivity index (χ0v) is 17.6. The monoisotopic (exact) mass is 436 g/mol. The maximum absolute atomic E-state index is 13.4. The van der Waals surface area contributed by atoms with Gasteiger partial charge in [0.1, 0.15) is 11.0 Å². The van der Waals surface area contributed by atoms with Crippen LogP contribution in [0.15, 0.2) is 24.5 Å². The van der Waals surface area contributed by atoms with Gasteiger partial charge in [0.15, 0.2) is 0 Å². The summed E-state index contributed by atoms with van der Waals surface area (Å²) in [5.74, 6) is 0.198. The van der Waals surface area contributed by atoms with E-state index in [2.05, 4.69) is 22.2 Å². The average molecular weight is 436 g/mol. The molecule has 31 heavy (non-hydrogen) atoms. The van der Waals surface area contributed by atoms with Gasteiger partial charge in [-0.25, -0.2) is 0 Å². The van der Waals surface area contributed by atoms with Crippen LogP contribution in [-0.4, -0.2) is 65.1 Å². The molecule has 4 rings (SSSR count). The number of alkyl halides is 3. The minimum Gasteiger partial charge on any atom is -0.367 e. The number of likely N-dealkylation sites (tertiary alicyclic amines) is 1. The van der Waals surface area contributed by atoms with Crippen LogP contribution < -0.4 is 16.0 Å². The molecule has 2 fully saturated rings. The van der Waals surface area contributed by atoms with Crippen molar-refractivity contribution in [2.24, 2.45) is 11.7 Å². The Morgan fingerprint density at radius 1 is 1.16 bits per heavy atom. The fourth-order valence-electron chi connectivity index (χ4n) is 4.53. The van der Waals surface area contributed by atoms with Crippen molar-refractivity contribution in [3.8, 4) is 0 Å². The zero-order valence-electron chi connectivity index (χ0n) is 17.6. The van der Waals surface area contributed by atoms with Gasteiger partial charge in [0.25, 0.3) is 0 Å². The van der Waals surface area contributed by atoms with Crippen molar-refractivity contribution in [1.82, 2.24) is 20.2 Å². The van der Waals surface area contributed by atoms with E-state index in [-0.39, 0.29) is 41.0 Å². The topological polar surface area (TPSA) is 87.4 Å². The largest absolute Gasteiger partial charge is 0.418 e. The maximum atomic E-state index is 13.4. The van der Waals surface area contributed by atoms with Gasteiger partial charge in [0, 0.05) is 50.7 Å². The highest BCUT2D eigenvalue weighted by Crippen LogP contribution is 2.37. The van der Waals surface area contributed by atoms with Gasteiger partial charge in [-0.1, -0.05) is 6.92 Å². The first-order valence-electron chi connectivity index (χ1n) is 10.5. The van der Waals surface area contributed by atoms with Crippen LogP contribution in [0.5, 0.6) is 0 Å². The number of anilines is 1.